The summed E-state index contributed by atoms with van der Waals surface area (Å²) in [5.74, 6) is 1.41. The molecule has 3 N–H and O–H groups in total. The van der Waals surface area contributed by atoms with Crippen molar-refractivity contribution in [3.05, 3.63) is 70.7 Å². The third-order valence-electron chi connectivity index (χ3n) is 5.33. The van der Waals surface area contributed by atoms with Gasteiger partial charge in [0.05, 0.1) is 5.69 Å². The van der Waals surface area contributed by atoms with E-state index in [9.17, 15) is 4.39 Å². The average molecular weight is 456 g/mol. The van der Waals surface area contributed by atoms with Gasteiger partial charge < -0.3 is 16.0 Å². The highest BCUT2D eigenvalue weighted by molar-refractivity contribution is 9.10. The molecule has 3 aromatic rings. The third-order valence-corrected chi connectivity index (χ3v) is 5.82. The largest absolute Gasteiger partial charge is 0.393 e. The van der Waals surface area contributed by atoms with Crippen molar-refractivity contribution in [2.45, 2.75) is 19.3 Å². The van der Waals surface area contributed by atoms with Crippen LogP contribution in [0.15, 0.2) is 59.3 Å². The van der Waals surface area contributed by atoms with E-state index in [1.165, 1.54) is 18.0 Å². The van der Waals surface area contributed by atoms with E-state index in [-0.39, 0.29) is 5.82 Å². The Morgan fingerprint density at radius 1 is 1.10 bits per heavy atom. The van der Waals surface area contributed by atoms with Crippen molar-refractivity contribution >= 4 is 38.9 Å². The summed E-state index contributed by atoms with van der Waals surface area (Å²) in [7, 11) is 0. The minimum Gasteiger partial charge on any atom is -0.393 e. The van der Waals surface area contributed by atoms with E-state index in [4.69, 9.17) is 5.73 Å². The van der Waals surface area contributed by atoms with E-state index >= 15 is 0 Å². The van der Waals surface area contributed by atoms with Crippen LogP contribution in [0.3, 0.4) is 0 Å². The number of nitrogen functional groups attached to an aromatic ring is 1. The second-order valence-electron chi connectivity index (χ2n) is 7.33. The smallest absolute Gasteiger partial charge is 0.159 e. The van der Waals surface area contributed by atoms with Crippen LogP contribution >= 0.6 is 15.9 Å². The van der Waals surface area contributed by atoms with E-state index in [1.54, 1.807) is 12.1 Å². The highest BCUT2D eigenvalue weighted by Gasteiger charge is 2.23. The third kappa shape index (κ3) is 4.67. The lowest BCUT2D eigenvalue weighted by molar-refractivity contribution is 0.402. The van der Waals surface area contributed by atoms with Gasteiger partial charge in [0.1, 0.15) is 17.8 Å². The van der Waals surface area contributed by atoms with Gasteiger partial charge in [0.25, 0.3) is 0 Å². The molecule has 1 aromatic heterocycles. The molecule has 7 heteroatoms. The van der Waals surface area contributed by atoms with Crippen molar-refractivity contribution in [2.75, 3.05) is 29.0 Å². The van der Waals surface area contributed by atoms with Crippen molar-refractivity contribution in [3.63, 3.8) is 0 Å². The molecule has 2 heterocycles. The number of nitrogens with zero attached hydrogens (tertiary/aromatic N) is 3. The molecular formula is C22H23BrFN5. The number of halogens is 2. The second kappa shape index (κ2) is 8.78. The first-order chi connectivity index (χ1) is 14.1. The van der Waals surface area contributed by atoms with Crippen LogP contribution in [0, 0.1) is 11.7 Å². The first kappa shape index (κ1) is 19.6. The zero-order valence-corrected chi connectivity index (χ0v) is 17.6. The van der Waals surface area contributed by atoms with Gasteiger partial charge in [0.15, 0.2) is 11.6 Å². The van der Waals surface area contributed by atoms with Gasteiger partial charge in [-0.05, 0) is 48.9 Å². The monoisotopic (exact) mass is 455 g/mol. The van der Waals surface area contributed by atoms with E-state index in [0.29, 0.717) is 33.4 Å². The quantitative estimate of drug-likeness (QED) is 0.555. The summed E-state index contributed by atoms with van der Waals surface area (Å²) in [5, 5.41) is 2.99. The van der Waals surface area contributed by atoms with Crippen LogP contribution in [0.2, 0.25) is 0 Å². The Bertz CT molecular complexity index is 974. The molecule has 29 heavy (non-hydrogen) atoms. The van der Waals surface area contributed by atoms with Crippen LogP contribution in [-0.2, 0) is 6.42 Å². The summed E-state index contributed by atoms with van der Waals surface area (Å²) in [5.41, 5.74) is 8.49. The van der Waals surface area contributed by atoms with Gasteiger partial charge in [0.2, 0.25) is 0 Å². The van der Waals surface area contributed by atoms with Crippen LogP contribution in [0.1, 0.15) is 18.4 Å². The number of nitrogens with two attached hydrogens (primary N) is 1. The first-order valence-electron chi connectivity index (χ1n) is 9.71. The van der Waals surface area contributed by atoms with E-state index in [1.807, 2.05) is 0 Å². The van der Waals surface area contributed by atoms with Crippen LogP contribution in [-0.4, -0.2) is 23.1 Å². The van der Waals surface area contributed by atoms with Crippen molar-refractivity contribution < 1.29 is 4.39 Å². The van der Waals surface area contributed by atoms with Gasteiger partial charge in [-0.1, -0.05) is 46.3 Å². The zero-order chi connectivity index (χ0) is 20.2. The van der Waals surface area contributed by atoms with Crippen LogP contribution in [0.25, 0.3) is 0 Å². The van der Waals surface area contributed by atoms with Gasteiger partial charge in [-0.2, -0.15) is 0 Å². The Hall–Kier alpha value is -2.67. The fourth-order valence-electron chi connectivity index (χ4n) is 3.75. The summed E-state index contributed by atoms with van der Waals surface area (Å²) in [6.45, 7) is 1.79. The van der Waals surface area contributed by atoms with Crippen molar-refractivity contribution in [1.29, 1.82) is 0 Å². The Morgan fingerprint density at radius 3 is 2.59 bits per heavy atom. The lowest BCUT2D eigenvalue weighted by Gasteiger charge is -2.33. The maximum absolute atomic E-state index is 14.2. The Morgan fingerprint density at radius 2 is 1.86 bits per heavy atom. The highest BCUT2D eigenvalue weighted by atomic mass is 79.9. The second-order valence-corrected chi connectivity index (χ2v) is 8.24. The molecule has 4 rings (SSSR count). The van der Waals surface area contributed by atoms with Crippen LogP contribution in [0.4, 0.5) is 27.4 Å². The zero-order valence-electron chi connectivity index (χ0n) is 16.0. The average Bonchev–Trinajstić information content (AvgIpc) is 2.73. The minimum absolute atomic E-state index is 0.325. The fourth-order valence-corrected chi connectivity index (χ4v) is 4.09. The van der Waals surface area contributed by atoms with Gasteiger partial charge in [0, 0.05) is 17.6 Å². The summed E-state index contributed by atoms with van der Waals surface area (Å²) < 4.78 is 14.8. The predicted molar refractivity (Wildman–Crippen MR) is 119 cm³/mol. The van der Waals surface area contributed by atoms with Gasteiger partial charge in [-0.15, -0.1) is 0 Å². The number of rotatable bonds is 5. The standard InChI is InChI=1S/C22H23BrFN5/c23-17-6-7-19(18(24)13-17)28-21-20(25)22(27-14-26-21)29-10-8-16(9-11-29)12-15-4-2-1-3-5-15/h1-7,13-14,16H,8-12,25H2,(H,26,27,28). The summed E-state index contributed by atoms with van der Waals surface area (Å²) in [6.07, 6.45) is 4.75. The molecule has 0 unspecified atom stereocenters. The van der Waals surface area contributed by atoms with E-state index in [2.05, 4.69) is 66.4 Å². The van der Waals surface area contributed by atoms with Gasteiger partial charge in [-0.25, -0.2) is 14.4 Å². The Labute approximate surface area is 178 Å². The lowest BCUT2D eigenvalue weighted by Crippen LogP contribution is -2.35. The van der Waals surface area contributed by atoms with Gasteiger partial charge in [-0.3, -0.25) is 0 Å². The Balaban J connectivity index is 1.44. The highest BCUT2D eigenvalue weighted by Crippen LogP contribution is 2.32. The molecule has 0 spiro atoms. The predicted octanol–water partition coefficient (Wildman–Crippen LogP) is 5.16. The summed E-state index contributed by atoms with van der Waals surface area (Å²) in [6, 6.07) is 15.4. The number of aromatic nitrogens is 2. The van der Waals surface area contributed by atoms with E-state index < -0.39 is 0 Å². The first-order valence-corrected chi connectivity index (χ1v) is 10.5. The van der Waals surface area contributed by atoms with Crippen LogP contribution in [0.5, 0.6) is 0 Å². The lowest BCUT2D eigenvalue weighted by atomic mass is 9.90. The molecule has 0 radical (unpaired) electrons. The molecule has 2 aromatic carbocycles. The molecule has 0 bridgehead atoms. The number of anilines is 4. The van der Waals surface area contributed by atoms with Crippen molar-refractivity contribution in [2.24, 2.45) is 5.92 Å². The van der Waals surface area contributed by atoms with Crippen molar-refractivity contribution in [1.82, 2.24) is 9.97 Å². The maximum Gasteiger partial charge on any atom is 0.159 e. The van der Waals surface area contributed by atoms with Crippen LogP contribution < -0.4 is 16.0 Å². The fraction of sp³-hybridized carbons (Fsp3) is 0.273. The number of benzene rings is 2. The topological polar surface area (TPSA) is 67.1 Å². The van der Waals surface area contributed by atoms with Crippen molar-refractivity contribution in [3.8, 4) is 0 Å². The number of hydrogen-bond donors (Lipinski definition) is 2. The molecule has 0 atom stereocenters. The molecule has 1 aliphatic heterocycles. The SMILES string of the molecule is Nc1c(Nc2ccc(Br)cc2F)ncnc1N1CCC(Cc2ccccc2)CC1. The number of hydrogen-bond acceptors (Lipinski definition) is 5. The molecule has 1 aliphatic rings. The maximum atomic E-state index is 14.2. The molecule has 150 valence electrons. The molecule has 1 fully saturated rings. The summed E-state index contributed by atoms with van der Waals surface area (Å²) in [4.78, 5) is 10.8. The van der Waals surface area contributed by atoms with Gasteiger partial charge >= 0.3 is 0 Å². The van der Waals surface area contributed by atoms with E-state index in [0.717, 1.165) is 32.4 Å². The summed E-state index contributed by atoms with van der Waals surface area (Å²) >= 11 is 3.26. The molecule has 1 saturated heterocycles. The molecule has 5 nitrogen and oxygen atoms in total. The number of nitrogens with one attached hydrogen (secondary N) is 1. The minimum atomic E-state index is -0.374. The molecule has 0 amide bonds. The number of piperidine rings is 1. The normalized spacial score (nSPS) is 14.8. The molecule has 0 saturated carbocycles. The molecule has 0 aliphatic carbocycles. The molecular weight excluding hydrogens is 433 g/mol. The Kier molecular flexibility index (Phi) is 5.94.